The van der Waals surface area contributed by atoms with Crippen LogP contribution >= 0.6 is 0 Å². The van der Waals surface area contributed by atoms with E-state index in [9.17, 15) is 0 Å². The molecule has 4 bridgehead atoms. The van der Waals surface area contributed by atoms with Crippen LogP contribution in [-0.2, 0) is 26.5 Å². The maximum absolute atomic E-state index is 6.64. The number of anilines is 4. The Morgan fingerprint density at radius 3 is 2.10 bits per heavy atom. The van der Waals surface area contributed by atoms with E-state index in [0.29, 0.717) is 23.3 Å². The zero-order chi connectivity index (χ0) is 38.4. The maximum atomic E-state index is 6.64. The predicted octanol–water partition coefficient (Wildman–Crippen LogP) is 13.0. The molecule has 4 saturated carbocycles. The Bertz CT molecular complexity index is 2820. The number of fused-ring (bicyclic) bond motifs is 4. The van der Waals surface area contributed by atoms with Gasteiger partial charge in [0.15, 0.2) is 0 Å². The standard InChI is InChI=1S/C53H43N4O.Pt/c1-35-18-20-38(21-19-35)53(40-27-36-26-37(29-40)30-41(53)28-36)39-24-25-54-52(31-39)57-48-15-6-5-14-46(48)47-23-22-45(33-51(47)57)58-44-13-9-12-43(32-44)56-34-55(42-10-3-2-4-11-42)49-16-7-8-17-50(49)56;/h2-25,31,34,36-37,40-41H,26-30H2,1H3;/q-3;. The topological polar surface area (TPSA) is 33.5 Å². The molecule has 0 N–H and O–H groups in total. The zero-order valence-corrected chi connectivity index (χ0v) is 35.1. The second kappa shape index (κ2) is 14.3. The Morgan fingerprint density at radius 2 is 1.32 bits per heavy atom. The van der Waals surface area contributed by atoms with E-state index in [1.807, 2.05) is 24.3 Å². The van der Waals surface area contributed by atoms with E-state index < -0.39 is 0 Å². The Kier molecular flexibility index (Phi) is 8.82. The third-order valence-electron chi connectivity index (χ3n) is 13.9. The zero-order valence-electron chi connectivity index (χ0n) is 32.9. The van der Waals surface area contributed by atoms with Gasteiger partial charge in [0.05, 0.1) is 0 Å². The molecular formula is C53H43N4OPt-3. The van der Waals surface area contributed by atoms with Crippen molar-refractivity contribution in [1.82, 2.24) is 9.55 Å². The SMILES string of the molecule is Cc1ccc(C2(c3ccnc(-n4c5[c-]c(Oc6[c-]c(N7[CH-]N(c8ccccc8)c8ccccc87)ccc6)ccc5c5ccccc54)c3)C3CC4CC(C3)CC2C4)cc1.[Pt]. The molecule has 0 radical (unpaired) electrons. The van der Waals surface area contributed by atoms with Gasteiger partial charge in [-0.2, -0.15) is 12.1 Å². The summed E-state index contributed by atoms with van der Waals surface area (Å²) in [6.45, 7) is 4.33. The van der Waals surface area contributed by atoms with Crippen molar-refractivity contribution < 1.29 is 25.8 Å². The molecule has 3 heterocycles. The molecule has 294 valence electrons. The van der Waals surface area contributed by atoms with Crippen LogP contribution in [0.15, 0.2) is 152 Å². The first-order chi connectivity index (χ1) is 28.6. The Hall–Kier alpha value is -5.64. The number of rotatable bonds is 7. The summed E-state index contributed by atoms with van der Waals surface area (Å²) in [5.74, 6) is 5.23. The minimum absolute atomic E-state index is 0. The molecule has 6 aromatic carbocycles. The molecule has 2 aromatic heterocycles. The summed E-state index contributed by atoms with van der Waals surface area (Å²) >= 11 is 0. The van der Waals surface area contributed by atoms with Gasteiger partial charge in [-0.3, -0.25) is 0 Å². The smallest absolute Gasteiger partial charge is 0.135 e. The summed E-state index contributed by atoms with van der Waals surface area (Å²) in [4.78, 5) is 9.52. The molecule has 59 heavy (non-hydrogen) atoms. The van der Waals surface area contributed by atoms with Gasteiger partial charge in [-0.05, 0) is 122 Å². The fraction of sp³-hybridized carbons (Fsp3) is 0.208. The largest absolute Gasteiger partial charge is 0.509 e. The van der Waals surface area contributed by atoms with Gasteiger partial charge >= 0.3 is 0 Å². The molecule has 4 fully saturated rings. The normalized spacial score (nSPS) is 22.8. The first-order valence-corrected chi connectivity index (χ1v) is 20.9. The van der Waals surface area contributed by atoms with Gasteiger partial charge in [0.2, 0.25) is 0 Å². The van der Waals surface area contributed by atoms with Gasteiger partial charge in [0, 0.05) is 66.8 Å². The van der Waals surface area contributed by atoms with Crippen molar-refractivity contribution in [3.63, 3.8) is 0 Å². The van der Waals surface area contributed by atoms with Crippen molar-refractivity contribution in [3.05, 3.63) is 187 Å². The van der Waals surface area contributed by atoms with Crippen molar-refractivity contribution in [2.75, 3.05) is 9.80 Å². The number of nitrogens with zero attached hydrogens (tertiary/aromatic N) is 4. The van der Waals surface area contributed by atoms with Crippen LogP contribution in [0.1, 0.15) is 48.8 Å². The van der Waals surface area contributed by atoms with Crippen molar-refractivity contribution in [1.29, 1.82) is 0 Å². The van der Waals surface area contributed by atoms with Crippen molar-refractivity contribution >= 4 is 44.6 Å². The number of hydrogen-bond acceptors (Lipinski definition) is 4. The van der Waals surface area contributed by atoms with Crippen LogP contribution < -0.4 is 14.5 Å². The van der Waals surface area contributed by atoms with E-state index in [4.69, 9.17) is 9.72 Å². The second-order valence-electron chi connectivity index (χ2n) is 17.1. The number of hydrogen-bond donors (Lipinski definition) is 0. The van der Waals surface area contributed by atoms with Gasteiger partial charge < -0.3 is 19.1 Å². The number of pyridine rings is 1. The fourth-order valence-corrected chi connectivity index (χ4v) is 11.7. The maximum Gasteiger partial charge on any atom is 0.135 e. The van der Waals surface area contributed by atoms with E-state index in [0.717, 1.165) is 56.8 Å². The summed E-state index contributed by atoms with van der Waals surface area (Å²) in [5, 5.41) is 2.30. The van der Waals surface area contributed by atoms with E-state index in [1.54, 1.807) is 0 Å². The van der Waals surface area contributed by atoms with Crippen LogP contribution in [0.25, 0.3) is 27.6 Å². The summed E-state index contributed by atoms with van der Waals surface area (Å²) in [6.07, 6.45) is 8.80. The van der Waals surface area contributed by atoms with Crippen LogP contribution in [0.2, 0.25) is 0 Å². The number of para-hydroxylation sites is 4. The quantitative estimate of drug-likeness (QED) is 0.149. The van der Waals surface area contributed by atoms with E-state index >= 15 is 0 Å². The Labute approximate surface area is 360 Å². The Morgan fingerprint density at radius 1 is 0.627 bits per heavy atom. The number of benzene rings is 6. The second-order valence-corrected chi connectivity index (χ2v) is 17.1. The molecular weight excluding hydrogens is 904 g/mol. The molecule has 0 spiro atoms. The average molecular weight is 947 g/mol. The summed E-state index contributed by atoms with van der Waals surface area (Å²) < 4.78 is 8.94. The van der Waals surface area contributed by atoms with Crippen molar-refractivity contribution in [3.8, 4) is 17.3 Å². The minimum atomic E-state index is -0.0121. The van der Waals surface area contributed by atoms with Crippen LogP contribution in [0.5, 0.6) is 11.5 Å². The average Bonchev–Trinajstić information content (AvgIpc) is 3.81. The van der Waals surface area contributed by atoms with Gasteiger partial charge in [0.25, 0.3) is 0 Å². The molecule has 6 heteroatoms. The molecule has 0 unspecified atom stereocenters. The fourth-order valence-electron chi connectivity index (χ4n) is 11.7. The van der Waals surface area contributed by atoms with E-state index in [-0.39, 0.29) is 26.5 Å². The molecule has 8 aromatic rings. The molecule has 0 amide bonds. The summed E-state index contributed by atoms with van der Waals surface area (Å²) in [6, 6.07) is 59.3. The number of ether oxygens (including phenoxy) is 1. The first-order valence-electron chi connectivity index (χ1n) is 20.9. The third-order valence-corrected chi connectivity index (χ3v) is 13.9. The van der Waals surface area contributed by atoms with Crippen LogP contribution in [0.3, 0.4) is 0 Å². The van der Waals surface area contributed by atoms with E-state index in [2.05, 4.69) is 168 Å². The third kappa shape index (κ3) is 5.80. The Balaban J connectivity index is 0.00000397. The molecule has 5 nitrogen and oxygen atoms in total. The molecule has 0 saturated heterocycles. The number of aromatic nitrogens is 2. The molecule has 1 aliphatic heterocycles. The molecule has 4 aliphatic carbocycles. The molecule has 0 atom stereocenters. The van der Waals surface area contributed by atoms with E-state index in [1.165, 1.54) is 54.2 Å². The van der Waals surface area contributed by atoms with Crippen molar-refractivity contribution in [2.45, 2.75) is 44.4 Å². The summed E-state index contributed by atoms with van der Waals surface area (Å²) in [5.41, 5.74) is 10.5. The van der Waals surface area contributed by atoms with Gasteiger partial charge in [-0.25, -0.2) is 4.98 Å². The molecule has 13 rings (SSSR count). The number of aryl methyl sites for hydroxylation is 1. The first kappa shape index (κ1) is 36.4. The van der Waals surface area contributed by atoms with Crippen LogP contribution in [0, 0.1) is 49.4 Å². The minimum Gasteiger partial charge on any atom is -0.509 e. The predicted molar refractivity (Wildman–Crippen MR) is 233 cm³/mol. The summed E-state index contributed by atoms with van der Waals surface area (Å²) in [7, 11) is 0. The van der Waals surface area contributed by atoms with Gasteiger partial charge in [0.1, 0.15) is 5.82 Å². The van der Waals surface area contributed by atoms with Gasteiger partial charge in [-0.1, -0.05) is 83.9 Å². The monoisotopic (exact) mass is 946 g/mol. The van der Waals surface area contributed by atoms with Crippen LogP contribution in [0.4, 0.5) is 22.7 Å². The molecule has 5 aliphatic rings. The van der Waals surface area contributed by atoms with Crippen LogP contribution in [-0.4, -0.2) is 9.55 Å². The van der Waals surface area contributed by atoms with Crippen molar-refractivity contribution in [2.24, 2.45) is 23.7 Å². The van der Waals surface area contributed by atoms with Gasteiger partial charge in [-0.15, -0.1) is 48.1 Å².